The second-order valence-electron chi connectivity index (χ2n) is 7.51. The Morgan fingerprint density at radius 2 is 1.48 bits per heavy atom. The summed E-state index contributed by atoms with van der Waals surface area (Å²) in [5, 5.41) is 0.213. The monoisotopic (exact) mass is 396 g/mol. The maximum Gasteiger partial charge on any atom is 0.272 e. The predicted molar refractivity (Wildman–Crippen MR) is 111 cm³/mol. The lowest BCUT2D eigenvalue weighted by molar-refractivity contribution is 0.392. The normalized spacial score (nSPS) is 13.0. The van der Waals surface area contributed by atoms with Gasteiger partial charge in [-0.2, -0.15) is 0 Å². The number of nitrogens with one attached hydrogen (secondary N) is 3. The predicted octanol–water partition coefficient (Wildman–Crippen LogP) is 0.759. The molecule has 0 aliphatic carbocycles. The van der Waals surface area contributed by atoms with Gasteiger partial charge in [0, 0.05) is 11.1 Å². The Morgan fingerprint density at radius 1 is 0.931 bits per heavy atom. The molecular formula is C21H24N4O4. The van der Waals surface area contributed by atoms with Crippen LogP contribution in [0, 0.1) is 0 Å². The number of methoxy groups -OCH3 is 2. The van der Waals surface area contributed by atoms with Gasteiger partial charge in [0.15, 0.2) is 0 Å². The van der Waals surface area contributed by atoms with E-state index in [1.165, 1.54) is 20.3 Å². The van der Waals surface area contributed by atoms with Gasteiger partial charge in [0.1, 0.15) is 22.2 Å². The van der Waals surface area contributed by atoms with Crippen LogP contribution < -0.4 is 31.3 Å². The molecule has 0 spiro atoms. The van der Waals surface area contributed by atoms with Crippen molar-refractivity contribution in [1.82, 2.24) is 19.9 Å². The number of imidazole rings is 1. The van der Waals surface area contributed by atoms with Gasteiger partial charge in [-0.05, 0) is 24.3 Å². The van der Waals surface area contributed by atoms with Gasteiger partial charge < -0.3 is 24.4 Å². The number of rotatable bonds is 4. The molecule has 0 unspecified atom stereocenters. The van der Waals surface area contributed by atoms with E-state index in [1.807, 2.05) is 20.8 Å². The van der Waals surface area contributed by atoms with Crippen molar-refractivity contribution in [3.63, 3.8) is 0 Å². The third kappa shape index (κ3) is 4.16. The van der Waals surface area contributed by atoms with E-state index in [4.69, 9.17) is 9.47 Å². The summed E-state index contributed by atoms with van der Waals surface area (Å²) in [7, 11) is 3.04. The summed E-state index contributed by atoms with van der Waals surface area (Å²) in [6, 6.07) is 5.26. The van der Waals surface area contributed by atoms with Crippen LogP contribution in [0.25, 0.3) is 12.2 Å². The van der Waals surface area contributed by atoms with E-state index in [9.17, 15) is 9.59 Å². The number of nitrogens with zero attached hydrogens (tertiary/aromatic N) is 1. The zero-order chi connectivity index (χ0) is 21.2. The minimum Gasteiger partial charge on any atom is -0.496 e. The third-order valence-corrected chi connectivity index (χ3v) is 4.44. The minimum absolute atomic E-state index is 0.0908. The van der Waals surface area contributed by atoms with Gasteiger partial charge in [0.2, 0.25) is 0 Å². The molecule has 8 heteroatoms. The zero-order valence-electron chi connectivity index (χ0n) is 17.0. The molecular weight excluding hydrogens is 372 g/mol. The van der Waals surface area contributed by atoms with Gasteiger partial charge in [0.25, 0.3) is 11.1 Å². The van der Waals surface area contributed by atoms with Crippen molar-refractivity contribution >= 4 is 12.2 Å². The highest BCUT2D eigenvalue weighted by Crippen LogP contribution is 2.28. The van der Waals surface area contributed by atoms with Crippen LogP contribution in [-0.4, -0.2) is 34.2 Å². The Labute approximate surface area is 167 Å². The second kappa shape index (κ2) is 7.83. The Bertz CT molecular complexity index is 1240. The molecule has 3 rings (SSSR count). The van der Waals surface area contributed by atoms with Gasteiger partial charge in [-0.15, -0.1) is 0 Å². The van der Waals surface area contributed by atoms with E-state index in [0.717, 1.165) is 5.69 Å². The summed E-state index contributed by atoms with van der Waals surface area (Å²) < 4.78 is 10.7. The first kappa shape index (κ1) is 20.2. The van der Waals surface area contributed by atoms with Crippen LogP contribution in [0.2, 0.25) is 0 Å². The van der Waals surface area contributed by atoms with E-state index in [0.29, 0.717) is 22.8 Å². The highest BCUT2D eigenvalue weighted by molar-refractivity contribution is 5.63. The second-order valence-corrected chi connectivity index (χ2v) is 7.51. The molecule has 0 fully saturated rings. The molecule has 29 heavy (non-hydrogen) atoms. The number of H-pyrrole nitrogens is 3. The molecule has 0 saturated heterocycles. The fraction of sp³-hybridized carbons (Fsp3) is 0.286. The van der Waals surface area contributed by atoms with Crippen LogP contribution in [0.5, 0.6) is 11.5 Å². The molecule has 0 saturated carbocycles. The molecule has 0 amide bonds. The minimum atomic E-state index is -0.448. The van der Waals surface area contributed by atoms with Crippen LogP contribution in [0.15, 0.2) is 34.1 Å². The van der Waals surface area contributed by atoms with Crippen molar-refractivity contribution in [1.29, 1.82) is 0 Å². The lowest BCUT2D eigenvalue weighted by Gasteiger charge is -2.16. The highest BCUT2D eigenvalue weighted by Gasteiger charge is 2.19. The Morgan fingerprint density at radius 3 is 2.00 bits per heavy atom. The largest absolute Gasteiger partial charge is 0.496 e. The lowest BCUT2D eigenvalue weighted by Crippen LogP contribution is -2.46. The molecule has 0 bridgehead atoms. The van der Waals surface area contributed by atoms with Crippen molar-refractivity contribution in [3.8, 4) is 11.5 Å². The van der Waals surface area contributed by atoms with Gasteiger partial charge >= 0.3 is 0 Å². The number of aromatic nitrogens is 4. The van der Waals surface area contributed by atoms with Gasteiger partial charge in [0.05, 0.1) is 31.8 Å². The maximum atomic E-state index is 12.6. The molecule has 0 radical (unpaired) electrons. The Balaban J connectivity index is 2.19. The first-order chi connectivity index (χ1) is 13.7. The van der Waals surface area contributed by atoms with Gasteiger partial charge in [-0.3, -0.25) is 9.59 Å². The molecule has 0 atom stereocenters. The van der Waals surface area contributed by atoms with E-state index < -0.39 is 11.1 Å². The molecule has 3 aromatic rings. The summed E-state index contributed by atoms with van der Waals surface area (Å²) in [6.45, 7) is 6.09. The van der Waals surface area contributed by atoms with Gasteiger partial charge in [-0.25, -0.2) is 4.98 Å². The van der Waals surface area contributed by atoms with E-state index in [-0.39, 0.29) is 16.1 Å². The fourth-order valence-electron chi connectivity index (χ4n) is 3.01. The SMILES string of the molecule is COc1cccc(OC)c1/C=c1\[nH]c(=O)/c(=C/c2nc[nH]c2C(C)(C)C)[nH]c1=O. The van der Waals surface area contributed by atoms with Crippen LogP contribution in [0.4, 0.5) is 0 Å². The summed E-state index contributed by atoms with van der Waals surface area (Å²) >= 11 is 0. The molecule has 2 heterocycles. The van der Waals surface area contributed by atoms with Crippen LogP contribution in [0.3, 0.4) is 0 Å². The average molecular weight is 396 g/mol. The highest BCUT2D eigenvalue weighted by atomic mass is 16.5. The zero-order valence-corrected chi connectivity index (χ0v) is 17.0. The van der Waals surface area contributed by atoms with E-state index in [1.54, 1.807) is 30.6 Å². The Hall–Kier alpha value is -3.55. The molecule has 2 aromatic heterocycles. The number of hydrogen-bond acceptors (Lipinski definition) is 5. The molecule has 0 aliphatic heterocycles. The summed E-state index contributed by atoms with van der Waals surface area (Å²) in [6.07, 6.45) is 4.65. The van der Waals surface area contributed by atoms with Gasteiger partial charge in [-0.1, -0.05) is 26.8 Å². The van der Waals surface area contributed by atoms with Crippen molar-refractivity contribution in [2.24, 2.45) is 0 Å². The smallest absolute Gasteiger partial charge is 0.272 e. The summed E-state index contributed by atoms with van der Waals surface area (Å²) in [5.74, 6) is 1.04. The summed E-state index contributed by atoms with van der Waals surface area (Å²) in [4.78, 5) is 37.8. The average Bonchev–Trinajstić information content (AvgIpc) is 3.14. The first-order valence-electron chi connectivity index (χ1n) is 9.05. The van der Waals surface area contributed by atoms with Crippen LogP contribution >= 0.6 is 0 Å². The number of ether oxygens (including phenoxy) is 2. The molecule has 8 nitrogen and oxygen atoms in total. The fourth-order valence-corrected chi connectivity index (χ4v) is 3.01. The van der Waals surface area contributed by atoms with Crippen molar-refractivity contribution < 1.29 is 9.47 Å². The lowest BCUT2D eigenvalue weighted by atomic mass is 9.90. The van der Waals surface area contributed by atoms with Crippen LogP contribution in [0.1, 0.15) is 37.7 Å². The number of benzene rings is 1. The van der Waals surface area contributed by atoms with Crippen molar-refractivity contribution in [2.45, 2.75) is 26.2 Å². The Kier molecular flexibility index (Phi) is 5.45. The van der Waals surface area contributed by atoms with Crippen LogP contribution in [-0.2, 0) is 5.41 Å². The van der Waals surface area contributed by atoms with Crippen molar-refractivity contribution in [3.05, 3.63) is 72.9 Å². The van der Waals surface area contributed by atoms with E-state index >= 15 is 0 Å². The molecule has 3 N–H and O–H groups in total. The third-order valence-electron chi connectivity index (χ3n) is 4.44. The maximum absolute atomic E-state index is 12.6. The van der Waals surface area contributed by atoms with E-state index in [2.05, 4.69) is 19.9 Å². The number of aromatic amines is 3. The molecule has 0 aliphatic rings. The topological polar surface area (TPSA) is 113 Å². The van der Waals surface area contributed by atoms with Crippen molar-refractivity contribution in [2.75, 3.05) is 14.2 Å². The molecule has 152 valence electrons. The molecule has 1 aromatic carbocycles. The summed E-state index contributed by atoms with van der Waals surface area (Å²) in [5.41, 5.74) is 0.944. The number of hydrogen-bond donors (Lipinski definition) is 3. The first-order valence-corrected chi connectivity index (χ1v) is 9.05. The quantitative estimate of drug-likeness (QED) is 0.603. The standard InChI is InChI=1S/C21H24N4O4/c1-21(2,3)18-13(22-11-23-18)10-15-20(27)24-14(19(26)25-15)9-12-16(28-4)7-6-8-17(12)29-5/h6-11H,1-5H3,(H,22,23)(H,24,27)(H,25,26)/b14-9-,15-10-.